The minimum absolute atomic E-state index is 0.00256. The lowest BCUT2D eigenvalue weighted by Gasteiger charge is -2.05. The molecule has 2 nitrogen and oxygen atoms in total. The molecule has 0 fully saturated rings. The van der Waals surface area contributed by atoms with Crippen molar-refractivity contribution in [2.24, 2.45) is 0 Å². The van der Waals surface area contributed by atoms with Crippen LogP contribution in [0.2, 0.25) is 5.02 Å². The molecule has 4 heteroatoms. The van der Waals surface area contributed by atoms with Crippen LogP contribution in [0.5, 0.6) is 0 Å². The number of carbonyl (C=O) groups is 1. The lowest BCUT2D eigenvalue weighted by atomic mass is 10.0. The molecule has 80 valence electrons. The molecule has 0 amide bonds. The van der Waals surface area contributed by atoms with Gasteiger partial charge in [0.25, 0.3) is 0 Å². The molecule has 1 rings (SSSR count). The fourth-order valence-electron chi connectivity index (χ4n) is 1.25. The predicted octanol–water partition coefficient (Wildman–Crippen LogP) is 3.14. The number of aliphatic carboxylic acids is 1. The lowest BCUT2D eigenvalue weighted by molar-refractivity contribution is -0.131. The topological polar surface area (TPSA) is 37.3 Å². The molecule has 0 spiro atoms. The monoisotopic (exact) mass is 228 g/mol. The van der Waals surface area contributed by atoms with Gasteiger partial charge in [0, 0.05) is 11.6 Å². The number of carboxylic acids is 1. The summed E-state index contributed by atoms with van der Waals surface area (Å²) in [5.41, 5.74) is 0.974. The quantitative estimate of drug-likeness (QED) is 0.807. The summed E-state index contributed by atoms with van der Waals surface area (Å²) in [6.45, 7) is 1.86. The maximum atomic E-state index is 13.5. The minimum atomic E-state index is -1.11. The second-order valence-corrected chi connectivity index (χ2v) is 3.37. The molecule has 0 radical (unpaired) electrons. The van der Waals surface area contributed by atoms with Crippen LogP contribution in [-0.4, -0.2) is 11.1 Å². The highest BCUT2D eigenvalue weighted by atomic mass is 35.5. The molecule has 15 heavy (non-hydrogen) atoms. The second kappa shape index (κ2) is 4.94. The molecular formula is C11H10ClFO2. The zero-order valence-electron chi connectivity index (χ0n) is 8.13. The highest BCUT2D eigenvalue weighted by Crippen LogP contribution is 2.23. The van der Waals surface area contributed by atoms with Crippen LogP contribution >= 0.6 is 11.6 Å². The summed E-state index contributed by atoms with van der Waals surface area (Å²) in [6.07, 6.45) is 2.74. The van der Waals surface area contributed by atoms with Gasteiger partial charge in [0.15, 0.2) is 0 Å². The first-order valence-corrected chi connectivity index (χ1v) is 4.82. The Morgan fingerprint density at radius 3 is 2.80 bits per heavy atom. The fourth-order valence-corrected chi connectivity index (χ4v) is 1.41. The molecule has 0 saturated heterocycles. The Hall–Kier alpha value is -1.35. The van der Waals surface area contributed by atoms with Crippen molar-refractivity contribution in [1.82, 2.24) is 0 Å². The van der Waals surface area contributed by atoms with Crippen molar-refractivity contribution < 1.29 is 14.3 Å². The van der Waals surface area contributed by atoms with Crippen LogP contribution in [-0.2, 0) is 11.2 Å². The fraction of sp³-hybridized carbons (Fsp3) is 0.182. The van der Waals surface area contributed by atoms with E-state index in [2.05, 4.69) is 0 Å². The second-order valence-electron chi connectivity index (χ2n) is 2.96. The van der Waals surface area contributed by atoms with Crippen LogP contribution in [0, 0.1) is 5.82 Å². The van der Waals surface area contributed by atoms with Crippen LogP contribution in [0.1, 0.15) is 18.1 Å². The standard InChI is InChI=1S/C11H10ClFO2/c1-2-7-3-5-9(12)11(13)8(7)4-6-10(14)15/h3-6H,2H2,1H3,(H,14,15)/b6-4+. The van der Waals surface area contributed by atoms with E-state index < -0.39 is 11.8 Å². The molecule has 0 saturated carbocycles. The molecule has 0 aromatic heterocycles. The Kier molecular flexibility index (Phi) is 3.86. The molecule has 0 aliphatic rings. The summed E-state index contributed by atoms with van der Waals surface area (Å²) in [5, 5.41) is 8.45. The number of benzene rings is 1. The third-order valence-corrected chi connectivity index (χ3v) is 2.29. The van der Waals surface area contributed by atoms with Crippen molar-refractivity contribution in [1.29, 1.82) is 0 Å². The maximum Gasteiger partial charge on any atom is 0.328 e. The van der Waals surface area contributed by atoms with Gasteiger partial charge in [-0.25, -0.2) is 9.18 Å². The summed E-state index contributed by atoms with van der Waals surface area (Å²) in [6, 6.07) is 3.15. The van der Waals surface area contributed by atoms with E-state index in [1.807, 2.05) is 6.92 Å². The van der Waals surface area contributed by atoms with Crippen molar-refractivity contribution in [2.45, 2.75) is 13.3 Å². The summed E-state index contributed by atoms with van der Waals surface area (Å²) in [7, 11) is 0. The average Bonchev–Trinajstić information content (AvgIpc) is 2.20. The number of aryl methyl sites for hydroxylation is 1. The molecule has 0 atom stereocenters. The van der Waals surface area contributed by atoms with Crippen molar-refractivity contribution >= 4 is 23.6 Å². The van der Waals surface area contributed by atoms with Gasteiger partial charge in [-0.15, -0.1) is 0 Å². The van der Waals surface area contributed by atoms with E-state index in [4.69, 9.17) is 16.7 Å². The Bertz CT molecular complexity index is 413. The van der Waals surface area contributed by atoms with Gasteiger partial charge in [0.2, 0.25) is 0 Å². The summed E-state index contributed by atoms with van der Waals surface area (Å²) >= 11 is 5.60. The molecule has 1 aromatic carbocycles. The highest BCUT2D eigenvalue weighted by Gasteiger charge is 2.08. The molecule has 0 bridgehead atoms. The number of rotatable bonds is 3. The Balaban J connectivity index is 3.23. The average molecular weight is 229 g/mol. The van der Waals surface area contributed by atoms with E-state index in [0.717, 1.165) is 11.6 Å². The zero-order chi connectivity index (χ0) is 11.4. The summed E-state index contributed by atoms with van der Waals surface area (Å²) in [5.74, 6) is -1.69. The molecule has 0 unspecified atom stereocenters. The van der Waals surface area contributed by atoms with Crippen LogP contribution in [0.3, 0.4) is 0 Å². The lowest BCUT2D eigenvalue weighted by Crippen LogP contribution is -1.94. The molecule has 1 aromatic rings. The van der Waals surface area contributed by atoms with Gasteiger partial charge >= 0.3 is 5.97 Å². The third-order valence-electron chi connectivity index (χ3n) is 2.00. The first kappa shape index (κ1) is 11.7. The molecule has 0 aliphatic carbocycles. The molecule has 0 heterocycles. The van der Waals surface area contributed by atoms with E-state index in [9.17, 15) is 9.18 Å². The van der Waals surface area contributed by atoms with Gasteiger partial charge in [-0.05, 0) is 24.1 Å². The van der Waals surface area contributed by atoms with Gasteiger partial charge in [0.1, 0.15) is 5.82 Å². The van der Waals surface area contributed by atoms with Crippen LogP contribution in [0.15, 0.2) is 18.2 Å². The predicted molar refractivity (Wildman–Crippen MR) is 57.5 cm³/mol. The van der Waals surface area contributed by atoms with E-state index in [1.54, 1.807) is 6.07 Å². The smallest absolute Gasteiger partial charge is 0.328 e. The van der Waals surface area contributed by atoms with E-state index in [0.29, 0.717) is 6.42 Å². The first-order valence-electron chi connectivity index (χ1n) is 4.44. The van der Waals surface area contributed by atoms with Gasteiger partial charge in [0.05, 0.1) is 5.02 Å². The van der Waals surface area contributed by atoms with E-state index in [1.165, 1.54) is 12.1 Å². The number of hydrogen-bond acceptors (Lipinski definition) is 1. The Morgan fingerprint density at radius 2 is 2.27 bits per heavy atom. The summed E-state index contributed by atoms with van der Waals surface area (Å²) < 4.78 is 13.5. The number of hydrogen-bond donors (Lipinski definition) is 1. The third kappa shape index (κ3) is 2.80. The number of halogens is 2. The van der Waals surface area contributed by atoms with Crippen LogP contribution < -0.4 is 0 Å². The van der Waals surface area contributed by atoms with Gasteiger partial charge in [-0.1, -0.05) is 24.6 Å². The van der Waals surface area contributed by atoms with Crippen molar-refractivity contribution in [3.63, 3.8) is 0 Å². The van der Waals surface area contributed by atoms with Gasteiger partial charge in [-0.2, -0.15) is 0 Å². The SMILES string of the molecule is CCc1ccc(Cl)c(F)c1/C=C/C(=O)O. The van der Waals surface area contributed by atoms with Crippen molar-refractivity contribution in [2.75, 3.05) is 0 Å². The van der Waals surface area contributed by atoms with Crippen LogP contribution in [0.4, 0.5) is 4.39 Å². The Morgan fingerprint density at radius 1 is 1.60 bits per heavy atom. The van der Waals surface area contributed by atoms with Crippen molar-refractivity contribution in [3.05, 3.63) is 40.2 Å². The first-order chi connectivity index (χ1) is 7.06. The van der Waals surface area contributed by atoms with Gasteiger partial charge in [-0.3, -0.25) is 0 Å². The largest absolute Gasteiger partial charge is 0.478 e. The highest BCUT2D eigenvalue weighted by molar-refractivity contribution is 6.30. The summed E-state index contributed by atoms with van der Waals surface area (Å²) in [4.78, 5) is 10.3. The Labute approximate surface area is 92.0 Å². The van der Waals surface area contributed by atoms with Crippen LogP contribution in [0.25, 0.3) is 6.08 Å². The molecule has 0 aliphatic heterocycles. The normalized spacial score (nSPS) is 10.9. The minimum Gasteiger partial charge on any atom is -0.478 e. The molecular weight excluding hydrogens is 219 g/mol. The zero-order valence-corrected chi connectivity index (χ0v) is 8.88. The molecule has 1 N–H and O–H groups in total. The van der Waals surface area contributed by atoms with Crippen molar-refractivity contribution in [3.8, 4) is 0 Å². The maximum absolute atomic E-state index is 13.5. The van der Waals surface area contributed by atoms with Gasteiger partial charge < -0.3 is 5.11 Å². The van der Waals surface area contributed by atoms with E-state index >= 15 is 0 Å². The number of carboxylic acid groups (broad SMARTS) is 1. The van der Waals surface area contributed by atoms with E-state index in [-0.39, 0.29) is 10.6 Å².